The van der Waals surface area contributed by atoms with Gasteiger partial charge in [-0.05, 0) is 31.1 Å². The molecule has 0 aromatic carbocycles. The van der Waals surface area contributed by atoms with E-state index in [1.54, 1.807) is 0 Å². The Morgan fingerprint density at radius 2 is 2.11 bits per heavy atom. The Bertz CT molecular complexity index is 352. The molecule has 0 saturated heterocycles. The average Bonchev–Trinajstić information content (AvgIpc) is 2.89. The van der Waals surface area contributed by atoms with Crippen LogP contribution in [0.5, 0.6) is 0 Å². The van der Waals surface area contributed by atoms with Crippen LogP contribution in [0, 0.1) is 5.92 Å². The highest BCUT2D eigenvalue weighted by Gasteiger charge is 2.26. The molecular formula is C15H27N3. The number of nitrogens with zero attached hydrogens (tertiary/aromatic N) is 2. The first-order valence-electron chi connectivity index (χ1n) is 7.49. The van der Waals surface area contributed by atoms with Crippen molar-refractivity contribution >= 4 is 0 Å². The van der Waals surface area contributed by atoms with Crippen molar-refractivity contribution in [1.29, 1.82) is 0 Å². The second-order valence-electron chi connectivity index (χ2n) is 5.74. The lowest BCUT2D eigenvalue weighted by Crippen LogP contribution is -2.29. The first kappa shape index (κ1) is 13.6. The van der Waals surface area contributed by atoms with Gasteiger partial charge >= 0.3 is 0 Å². The number of aromatic nitrogens is 2. The van der Waals surface area contributed by atoms with Crippen LogP contribution in [0.4, 0.5) is 0 Å². The molecule has 2 rings (SSSR count). The minimum atomic E-state index is 0.455. The Kier molecular flexibility index (Phi) is 4.81. The second kappa shape index (κ2) is 6.37. The molecule has 3 nitrogen and oxygen atoms in total. The van der Waals surface area contributed by atoms with Crippen LogP contribution in [0.2, 0.25) is 0 Å². The third kappa shape index (κ3) is 2.77. The minimum Gasteiger partial charge on any atom is -0.330 e. The highest BCUT2D eigenvalue weighted by molar-refractivity contribution is 5.07. The molecule has 2 unspecified atom stereocenters. The minimum absolute atomic E-state index is 0.455. The Morgan fingerprint density at radius 3 is 2.72 bits per heavy atom. The van der Waals surface area contributed by atoms with Gasteiger partial charge in [-0.3, -0.25) is 0 Å². The van der Waals surface area contributed by atoms with E-state index < -0.39 is 0 Å². The molecule has 1 aliphatic carbocycles. The molecule has 0 amide bonds. The zero-order valence-corrected chi connectivity index (χ0v) is 11.8. The van der Waals surface area contributed by atoms with Crippen molar-refractivity contribution in [2.24, 2.45) is 11.7 Å². The molecule has 1 fully saturated rings. The highest BCUT2D eigenvalue weighted by atomic mass is 15.1. The first-order valence-corrected chi connectivity index (χ1v) is 7.49. The van der Waals surface area contributed by atoms with Crippen LogP contribution in [-0.4, -0.2) is 16.1 Å². The number of rotatable bonds is 5. The van der Waals surface area contributed by atoms with Gasteiger partial charge < -0.3 is 10.3 Å². The van der Waals surface area contributed by atoms with Crippen LogP contribution in [0.3, 0.4) is 0 Å². The van der Waals surface area contributed by atoms with E-state index in [0.29, 0.717) is 12.0 Å². The van der Waals surface area contributed by atoms with Gasteiger partial charge in [0.05, 0.1) is 6.33 Å². The Morgan fingerprint density at radius 1 is 1.39 bits per heavy atom. The summed E-state index contributed by atoms with van der Waals surface area (Å²) in [4.78, 5) is 4.36. The van der Waals surface area contributed by atoms with Gasteiger partial charge in [-0.1, -0.05) is 33.1 Å². The highest BCUT2D eigenvalue weighted by Crippen LogP contribution is 2.34. The molecule has 0 bridgehead atoms. The van der Waals surface area contributed by atoms with Gasteiger partial charge in [0, 0.05) is 24.5 Å². The molecular weight excluding hydrogens is 222 g/mol. The van der Waals surface area contributed by atoms with Crippen LogP contribution in [-0.2, 0) is 0 Å². The van der Waals surface area contributed by atoms with Crippen molar-refractivity contribution in [3.63, 3.8) is 0 Å². The molecule has 1 aromatic rings. The van der Waals surface area contributed by atoms with Crippen molar-refractivity contribution in [2.75, 3.05) is 6.54 Å². The van der Waals surface area contributed by atoms with Crippen LogP contribution >= 0.6 is 0 Å². The summed E-state index contributed by atoms with van der Waals surface area (Å²) in [6, 6.07) is 0.455. The summed E-state index contributed by atoms with van der Waals surface area (Å²) in [7, 11) is 0. The van der Waals surface area contributed by atoms with Crippen LogP contribution < -0.4 is 5.73 Å². The summed E-state index contributed by atoms with van der Waals surface area (Å²) in [6.07, 6.45) is 12.0. The zero-order chi connectivity index (χ0) is 13.0. The van der Waals surface area contributed by atoms with E-state index in [4.69, 9.17) is 5.73 Å². The smallest absolute Gasteiger partial charge is 0.0951 e. The molecule has 1 saturated carbocycles. The summed E-state index contributed by atoms with van der Waals surface area (Å²) < 4.78 is 2.37. The molecule has 18 heavy (non-hydrogen) atoms. The third-order valence-electron chi connectivity index (χ3n) is 4.61. The SMILES string of the molecule is CCC(C)c1cncn1C(CN)C1CCCCC1. The standard InChI is InChI=1S/C15H27N3/c1-3-12(2)15-10-17-11-18(15)14(9-16)13-7-5-4-6-8-13/h10-14H,3-9,16H2,1-2H3. The molecule has 1 aromatic heterocycles. The predicted octanol–water partition coefficient (Wildman–Crippen LogP) is 3.48. The molecule has 0 spiro atoms. The van der Waals surface area contributed by atoms with E-state index in [9.17, 15) is 0 Å². The summed E-state index contributed by atoms with van der Waals surface area (Å²) in [6.45, 7) is 5.26. The van der Waals surface area contributed by atoms with Crippen molar-refractivity contribution < 1.29 is 0 Å². The summed E-state index contributed by atoms with van der Waals surface area (Å²) in [5.41, 5.74) is 7.42. The monoisotopic (exact) mass is 249 g/mol. The van der Waals surface area contributed by atoms with Gasteiger partial charge in [0.15, 0.2) is 0 Å². The Hall–Kier alpha value is -0.830. The lowest BCUT2D eigenvalue weighted by atomic mass is 9.83. The van der Waals surface area contributed by atoms with Crippen molar-refractivity contribution in [2.45, 2.75) is 64.3 Å². The van der Waals surface area contributed by atoms with Crippen LogP contribution in [0.15, 0.2) is 12.5 Å². The van der Waals surface area contributed by atoms with Crippen molar-refractivity contribution in [1.82, 2.24) is 9.55 Å². The van der Waals surface area contributed by atoms with Gasteiger partial charge in [-0.2, -0.15) is 0 Å². The first-order chi connectivity index (χ1) is 8.77. The second-order valence-corrected chi connectivity index (χ2v) is 5.74. The van der Waals surface area contributed by atoms with Gasteiger partial charge in [0.1, 0.15) is 0 Å². The summed E-state index contributed by atoms with van der Waals surface area (Å²) >= 11 is 0. The topological polar surface area (TPSA) is 43.8 Å². The zero-order valence-electron chi connectivity index (χ0n) is 11.8. The van der Waals surface area contributed by atoms with Crippen molar-refractivity contribution in [3.8, 4) is 0 Å². The molecule has 0 aliphatic heterocycles. The van der Waals surface area contributed by atoms with E-state index >= 15 is 0 Å². The van der Waals surface area contributed by atoms with E-state index in [0.717, 1.165) is 18.9 Å². The van der Waals surface area contributed by atoms with Gasteiger partial charge in [-0.15, -0.1) is 0 Å². The van der Waals surface area contributed by atoms with Gasteiger partial charge in [0.25, 0.3) is 0 Å². The van der Waals surface area contributed by atoms with E-state index in [-0.39, 0.29) is 0 Å². The largest absolute Gasteiger partial charge is 0.330 e. The molecule has 1 aliphatic rings. The quantitative estimate of drug-likeness (QED) is 0.868. The molecule has 2 N–H and O–H groups in total. The fourth-order valence-electron chi connectivity index (χ4n) is 3.23. The van der Waals surface area contributed by atoms with Crippen LogP contribution in [0.25, 0.3) is 0 Å². The fourth-order valence-corrected chi connectivity index (χ4v) is 3.23. The maximum absolute atomic E-state index is 6.06. The number of nitrogens with two attached hydrogens (primary N) is 1. The van der Waals surface area contributed by atoms with E-state index in [2.05, 4.69) is 23.4 Å². The Labute approximate surface area is 111 Å². The van der Waals surface area contributed by atoms with E-state index in [1.807, 2.05) is 12.5 Å². The molecule has 3 heteroatoms. The van der Waals surface area contributed by atoms with E-state index in [1.165, 1.54) is 37.8 Å². The lowest BCUT2D eigenvalue weighted by molar-refractivity contribution is 0.248. The predicted molar refractivity (Wildman–Crippen MR) is 75.6 cm³/mol. The molecule has 102 valence electrons. The summed E-state index contributed by atoms with van der Waals surface area (Å²) in [5.74, 6) is 1.32. The third-order valence-corrected chi connectivity index (χ3v) is 4.61. The Balaban J connectivity index is 2.18. The lowest BCUT2D eigenvalue weighted by Gasteiger charge is -2.32. The molecule has 1 heterocycles. The fraction of sp³-hybridized carbons (Fsp3) is 0.800. The van der Waals surface area contributed by atoms with Crippen molar-refractivity contribution in [3.05, 3.63) is 18.2 Å². The average molecular weight is 249 g/mol. The molecule has 2 atom stereocenters. The van der Waals surface area contributed by atoms with Gasteiger partial charge in [0.2, 0.25) is 0 Å². The number of imidazole rings is 1. The maximum atomic E-state index is 6.06. The molecule has 0 radical (unpaired) electrons. The number of hydrogen-bond acceptors (Lipinski definition) is 2. The number of hydrogen-bond donors (Lipinski definition) is 1. The van der Waals surface area contributed by atoms with Gasteiger partial charge in [-0.25, -0.2) is 4.98 Å². The summed E-state index contributed by atoms with van der Waals surface area (Å²) in [5, 5.41) is 0. The van der Waals surface area contributed by atoms with Crippen LogP contribution in [0.1, 0.15) is 70.0 Å². The normalized spacial score (nSPS) is 20.8. The maximum Gasteiger partial charge on any atom is 0.0951 e.